The number of aryl methyl sites for hydroxylation is 1. The zero-order valence-corrected chi connectivity index (χ0v) is 18.7. The van der Waals surface area contributed by atoms with Gasteiger partial charge in [0.2, 0.25) is 0 Å². The first-order valence-electron chi connectivity index (χ1n) is 9.86. The van der Waals surface area contributed by atoms with Gasteiger partial charge in [-0.25, -0.2) is 0 Å². The molecule has 0 spiro atoms. The number of carbonyl (C=O) groups is 1. The molecule has 148 valence electrons. The molecule has 28 heavy (non-hydrogen) atoms. The third-order valence-corrected chi connectivity index (χ3v) is 6.35. The molecule has 0 aromatic heterocycles. The van der Waals surface area contributed by atoms with Crippen LogP contribution in [-0.4, -0.2) is 17.7 Å². The van der Waals surface area contributed by atoms with Gasteiger partial charge in [-0.15, -0.1) is 0 Å². The summed E-state index contributed by atoms with van der Waals surface area (Å²) in [7, 11) is 0. The van der Waals surface area contributed by atoms with E-state index < -0.39 is 5.97 Å². The van der Waals surface area contributed by atoms with Gasteiger partial charge in [-0.1, -0.05) is 18.2 Å². The smallest absolute Gasteiger partial charge is 0.303 e. The Labute approximate surface area is 181 Å². The number of carboxylic acid groups (broad SMARTS) is 1. The van der Waals surface area contributed by atoms with Gasteiger partial charge in [0.05, 0.1) is 0 Å². The zero-order chi connectivity index (χ0) is 20.1. The number of aliphatic carboxylic acids is 1. The van der Waals surface area contributed by atoms with Gasteiger partial charge >= 0.3 is 5.97 Å². The van der Waals surface area contributed by atoms with Crippen molar-refractivity contribution < 1.29 is 14.6 Å². The van der Waals surface area contributed by atoms with Crippen molar-refractivity contribution in [3.63, 3.8) is 0 Å². The molecule has 4 heteroatoms. The van der Waals surface area contributed by atoms with Crippen molar-refractivity contribution in [3.8, 4) is 5.75 Å². The molecular weight excluding hydrogens is 463 g/mol. The second kappa shape index (κ2) is 9.59. The molecular formula is C24H27IO3. The van der Waals surface area contributed by atoms with Crippen LogP contribution in [0.4, 0.5) is 0 Å². The Morgan fingerprint density at radius 2 is 1.75 bits per heavy atom. The average Bonchev–Trinajstić information content (AvgIpc) is 2.69. The van der Waals surface area contributed by atoms with E-state index in [0.717, 1.165) is 35.3 Å². The maximum Gasteiger partial charge on any atom is 0.303 e. The predicted molar refractivity (Wildman–Crippen MR) is 122 cm³/mol. The van der Waals surface area contributed by atoms with Crippen molar-refractivity contribution in [1.29, 1.82) is 0 Å². The number of carboxylic acids is 1. The van der Waals surface area contributed by atoms with E-state index in [2.05, 4.69) is 60.7 Å². The van der Waals surface area contributed by atoms with Gasteiger partial charge in [-0.05, 0) is 120 Å². The Kier molecular flexibility index (Phi) is 7.16. The van der Waals surface area contributed by atoms with E-state index in [4.69, 9.17) is 9.84 Å². The van der Waals surface area contributed by atoms with Crippen molar-refractivity contribution in [1.82, 2.24) is 0 Å². The molecule has 0 unspecified atom stereocenters. The van der Waals surface area contributed by atoms with Crippen molar-refractivity contribution in [2.75, 3.05) is 6.61 Å². The highest BCUT2D eigenvalue weighted by molar-refractivity contribution is 14.1. The molecule has 0 aliphatic heterocycles. The van der Waals surface area contributed by atoms with Crippen LogP contribution in [0.15, 0.2) is 42.0 Å². The summed E-state index contributed by atoms with van der Waals surface area (Å²) < 4.78 is 7.49. The minimum atomic E-state index is -0.759. The van der Waals surface area contributed by atoms with Crippen LogP contribution in [0.5, 0.6) is 5.75 Å². The molecule has 0 fully saturated rings. The fourth-order valence-corrected chi connectivity index (χ4v) is 4.17. The topological polar surface area (TPSA) is 46.5 Å². The molecule has 0 radical (unpaired) electrons. The van der Waals surface area contributed by atoms with Crippen LogP contribution >= 0.6 is 22.6 Å². The summed E-state index contributed by atoms with van der Waals surface area (Å²) in [5.41, 5.74) is 7.48. The van der Waals surface area contributed by atoms with E-state index in [1.165, 1.54) is 33.1 Å². The third-order valence-electron chi connectivity index (χ3n) is 5.63. The molecule has 0 atom stereocenters. The van der Waals surface area contributed by atoms with Crippen molar-refractivity contribution in [2.24, 2.45) is 0 Å². The first kappa shape index (κ1) is 20.9. The standard InChI is InChI=1S/C24H27IO3/c1-16-17(2)23(13-9-18(16)10-14-24(26)27)28-15-20-5-3-4-6-22(20)19-7-11-21(25)12-8-19/h7-9,11-13H,3-6,10,14-15H2,1-2H3,(H,26,27). The molecule has 0 bridgehead atoms. The largest absolute Gasteiger partial charge is 0.489 e. The third kappa shape index (κ3) is 5.16. The van der Waals surface area contributed by atoms with Crippen LogP contribution in [0, 0.1) is 17.4 Å². The number of hydrogen-bond donors (Lipinski definition) is 1. The fourth-order valence-electron chi connectivity index (χ4n) is 3.81. The van der Waals surface area contributed by atoms with Crippen LogP contribution in [0.25, 0.3) is 5.57 Å². The van der Waals surface area contributed by atoms with Crippen molar-refractivity contribution in [3.05, 3.63) is 67.8 Å². The summed E-state index contributed by atoms with van der Waals surface area (Å²) in [4.78, 5) is 10.8. The van der Waals surface area contributed by atoms with Crippen LogP contribution in [0.2, 0.25) is 0 Å². The van der Waals surface area contributed by atoms with Gasteiger partial charge in [0.15, 0.2) is 0 Å². The average molecular weight is 490 g/mol. The van der Waals surface area contributed by atoms with Gasteiger partial charge in [0.1, 0.15) is 12.4 Å². The van der Waals surface area contributed by atoms with Crippen LogP contribution < -0.4 is 4.74 Å². The number of hydrogen-bond acceptors (Lipinski definition) is 2. The summed E-state index contributed by atoms with van der Waals surface area (Å²) in [5.74, 6) is 0.140. The van der Waals surface area contributed by atoms with E-state index in [-0.39, 0.29) is 6.42 Å². The minimum absolute atomic E-state index is 0.159. The summed E-state index contributed by atoms with van der Waals surface area (Å²) in [5, 5.41) is 8.92. The van der Waals surface area contributed by atoms with Crippen molar-refractivity contribution in [2.45, 2.75) is 52.4 Å². The summed E-state index contributed by atoms with van der Waals surface area (Å²) in [6.07, 6.45) is 5.39. The molecule has 3 rings (SSSR count). The number of halogens is 1. The number of ether oxygens (including phenoxy) is 1. The SMILES string of the molecule is Cc1c(CCC(=O)O)ccc(OCC2=C(c3ccc(I)cc3)CCCC2)c1C. The second-order valence-corrected chi connectivity index (χ2v) is 8.70. The van der Waals surface area contributed by atoms with E-state index in [1.54, 1.807) is 0 Å². The normalized spacial score (nSPS) is 14.2. The lowest BCUT2D eigenvalue weighted by atomic mass is 9.88. The lowest BCUT2D eigenvalue weighted by molar-refractivity contribution is -0.136. The lowest BCUT2D eigenvalue weighted by Gasteiger charge is -2.22. The number of rotatable bonds is 7. The Morgan fingerprint density at radius 3 is 2.46 bits per heavy atom. The number of allylic oxidation sites excluding steroid dienone is 1. The van der Waals surface area contributed by atoms with Gasteiger partial charge in [-0.2, -0.15) is 0 Å². The molecule has 0 saturated heterocycles. The molecule has 0 saturated carbocycles. The van der Waals surface area contributed by atoms with E-state index >= 15 is 0 Å². The fraction of sp³-hybridized carbons (Fsp3) is 0.375. The summed E-state index contributed by atoms with van der Waals surface area (Å²) in [6.45, 7) is 4.73. The first-order valence-corrected chi connectivity index (χ1v) is 10.9. The van der Waals surface area contributed by atoms with Crippen LogP contribution in [0.3, 0.4) is 0 Å². The molecule has 1 aliphatic carbocycles. The highest BCUT2D eigenvalue weighted by Crippen LogP contribution is 2.34. The van der Waals surface area contributed by atoms with Crippen molar-refractivity contribution >= 4 is 34.1 Å². The Hall–Kier alpha value is -1.82. The van der Waals surface area contributed by atoms with E-state index in [9.17, 15) is 4.79 Å². The second-order valence-electron chi connectivity index (χ2n) is 7.45. The Balaban J connectivity index is 1.77. The quantitative estimate of drug-likeness (QED) is 0.462. The molecule has 2 aromatic rings. The summed E-state index contributed by atoms with van der Waals surface area (Å²) in [6, 6.07) is 12.8. The summed E-state index contributed by atoms with van der Waals surface area (Å²) >= 11 is 2.34. The highest BCUT2D eigenvalue weighted by atomic mass is 127. The van der Waals surface area contributed by atoms with Crippen LogP contribution in [-0.2, 0) is 11.2 Å². The maximum atomic E-state index is 10.8. The maximum absolute atomic E-state index is 10.8. The van der Waals surface area contributed by atoms with Crippen LogP contribution in [0.1, 0.15) is 54.4 Å². The van der Waals surface area contributed by atoms with Gasteiger partial charge in [-0.3, -0.25) is 4.79 Å². The monoisotopic (exact) mass is 490 g/mol. The van der Waals surface area contributed by atoms with E-state index in [1.807, 2.05) is 12.1 Å². The van der Waals surface area contributed by atoms with Gasteiger partial charge < -0.3 is 9.84 Å². The predicted octanol–water partition coefficient (Wildman–Crippen LogP) is 6.33. The molecule has 0 amide bonds. The Morgan fingerprint density at radius 1 is 1.04 bits per heavy atom. The Bertz CT molecular complexity index is 881. The molecule has 0 heterocycles. The van der Waals surface area contributed by atoms with E-state index in [0.29, 0.717) is 13.0 Å². The lowest BCUT2D eigenvalue weighted by Crippen LogP contribution is -2.09. The molecule has 1 aliphatic rings. The zero-order valence-electron chi connectivity index (χ0n) is 16.6. The molecule has 3 nitrogen and oxygen atoms in total. The number of benzene rings is 2. The molecule has 1 N–H and O–H groups in total. The van der Waals surface area contributed by atoms with Gasteiger partial charge in [0.25, 0.3) is 0 Å². The highest BCUT2D eigenvalue weighted by Gasteiger charge is 2.16. The first-order chi connectivity index (χ1) is 13.5. The van der Waals surface area contributed by atoms with Gasteiger partial charge in [0, 0.05) is 9.99 Å². The molecule has 2 aromatic carbocycles. The minimum Gasteiger partial charge on any atom is -0.489 e.